The summed E-state index contributed by atoms with van der Waals surface area (Å²) in [6.07, 6.45) is 1.33. The highest BCUT2D eigenvalue weighted by atomic mass is 19.3. The molecule has 0 aromatic heterocycles. The molecule has 2 unspecified atom stereocenters. The van der Waals surface area contributed by atoms with Crippen LogP contribution in [0.15, 0.2) is 0 Å². The van der Waals surface area contributed by atoms with Gasteiger partial charge in [-0.1, -0.05) is 0 Å². The highest BCUT2D eigenvalue weighted by molar-refractivity contribution is 4.84. The van der Waals surface area contributed by atoms with E-state index in [-0.39, 0.29) is 24.8 Å². The van der Waals surface area contributed by atoms with Gasteiger partial charge in [0.25, 0.3) is 0 Å². The Labute approximate surface area is 77.4 Å². The highest BCUT2D eigenvalue weighted by Gasteiger charge is 2.38. The molecule has 0 saturated heterocycles. The smallest absolute Gasteiger partial charge is 0.248 e. The fraction of sp³-hybridized carbons (Fsp3) is 1.00. The summed E-state index contributed by atoms with van der Waals surface area (Å²) in [5.74, 6) is -2.59. The Hall–Kier alpha value is -0.220. The molecule has 4 heteroatoms. The van der Waals surface area contributed by atoms with Crippen LogP contribution in [-0.4, -0.2) is 25.7 Å². The number of alkyl halides is 2. The van der Waals surface area contributed by atoms with Crippen LogP contribution in [0.1, 0.15) is 25.7 Å². The first-order valence-corrected chi connectivity index (χ1v) is 4.67. The van der Waals surface area contributed by atoms with E-state index in [4.69, 9.17) is 10.5 Å². The van der Waals surface area contributed by atoms with Crippen molar-refractivity contribution in [2.45, 2.75) is 37.6 Å². The lowest BCUT2D eigenvalue weighted by Gasteiger charge is -2.32. The van der Waals surface area contributed by atoms with Gasteiger partial charge in [-0.15, -0.1) is 0 Å². The fourth-order valence-corrected chi connectivity index (χ4v) is 1.90. The second-order valence-electron chi connectivity index (χ2n) is 3.83. The van der Waals surface area contributed by atoms with E-state index >= 15 is 0 Å². The van der Waals surface area contributed by atoms with Crippen LogP contribution in [0.5, 0.6) is 0 Å². The van der Waals surface area contributed by atoms with Gasteiger partial charge >= 0.3 is 0 Å². The Balaban J connectivity index is 2.42. The minimum absolute atomic E-state index is 0.0171. The molecule has 2 N–H and O–H groups in total. The Morgan fingerprint density at radius 3 is 2.85 bits per heavy atom. The number of rotatable bonds is 3. The predicted molar refractivity (Wildman–Crippen MR) is 46.8 cm³/mol. The van der Waals surface area contributed by atoms with Gasteiger partial charge in [-0.25, -0.2) is 8.78 Å². The van der Waals surface area contributed by atoms with Gasteiger partial charge in [0.05, 0.1) is 6.61 Å². The normalized spacial score (nSPS) is 30.0. The van der Waals surface area contributed by atoms with Crippen LogP contribution in [0, 0.1) is 5.92 Å². The van der Waals surface area contributed by atoms with Gasteiger partial charge in [0.2, 0.25) is 5.92 Å². The number of methoxy groups -OCH3 is 1. The molecular formula is C9H17F2NO. The third-order valence-corrected chi connectivity index (χ3v) is 2.64. The van der Waals surface area contributed by atoms with Gasteiger partial charge in [-0.3, -0.25) is 0 Å². The third-order valence-electron chi connectivity index (χ3n) is 2.64. The molecule has 0 spiro atoms. The molecule has 0 aromatic carbocycles. The molecule has 0 aliphatic heterocycles. The molecule has 78 valence electrons. The molecule has 2 atom stereocenters. The van der Waals surface area contributed by atoms with Crippen LogP contribution >= 0.6 is 0 Å². The highest BCUT2D eigenvalue weighted by Crippen LogP contribution is 2.37. The van der Waals surface area contributed by atoms with E-state index in [2.05, 4.69) is 0 Å². The van der Waals surface area contributed by atoms with E-state index in [1.807, 2.05) is 0 Å². The Bertz CT molecular complexity index is 164. The number of ether oxygens (including phenoxy) is 1. The molecule has 0 radical (unpaired) electrons. The molecule has 1 aliphatic rings. The number of hydrogen-bond donors (Lipinski definition) is 1. The lowest BCUT2D eigenvalue weighted by atomic mass is 9.82. The van der Waals surface area contributed by atoms with Crippen molar-refractivity contribution in [1.82, 2.24) is 0 Å². The zero-order chi connectivity index (χ0) is 9.90. The maximum absolute atomic E-state index is 13.0. The zero-order valence-corrected chi connectivity index (χ0v) is 7.93. The first kappa shape index (κ1) is 10.9. The van der Waals surface area contributed by atoms with Gasteiger partial charge in [-0.2, -0.15) is 0 Å². The van der Waals surface area contributed by atoms with Crippen LogP contribution < -0.4 is 5.73 Å². The van der Waals surface area contributed by atoms with Gasteiger partial charge in [0, 0.05) is 26.0 Å². The summed E-state index contributed by atoms with van der Waals surface area (Å²) in [5, 5.41) is 0. The van der Waals surface area contributed by atoms with Crippen molar-refractivity contribution in [3.05, 3.63) is 0 Å². The maximum atomic E-state index is 13.0. The fourth-order valence-electron chi connectivity index (χ4n) is 1.90. The first-order chi connectivity index (χ1) is 6.05. The second kappa shape index (κ2) is 4.33. The summed E-state index contributed by atoms with van der Waals surface area (Å²) in [5.41, 5.74) is 5.72. The first-order valence-electron chi connectivity index (χ1n) is 4.67. The summed E-state index contributed by atoms with van der Waals surface area (Å²) in [6.45, 7) is 0.376. The topological polar surface area (TPSA) is 35.2 Å². The van der Waals surface area contributed by atoms with Crippen LogP contribution in [0.3, 0.4) is 0 Å². The number of hydrogen-bond acceptors (Lipinski definition) is 2. The molecule has 0 bridgehead atoms. The lowest BCUT2D eigenvalue weighted by molar-refractivity contribution is -0.0594. The van der Waals surface area contributed by atoms with E-state index in [0.717, 1.165) is 6.42 Å². The molecule has 1 aliphatic carbocycles. The molecule has 1 saturated carbocycles. The van der Waals surface area contributed by atoms with Gasteiger partial charge in [0.15, 0.2) is 0 Å². The Morgan fingerprint density at radius 1 is 1.62 bits per heavy atom. The zero-order valence-electron chi connectivity index (χ0n) is 7.93. The quantitative estimate of drug-likeness (QED) is 0.741. The van der Waals surface area contributed by atoms with Gasteiger partial charge in [0.1, 0.15) is 0 Å². The van der Waals surface area contributed by atoms with Crippen molar-refractivity contribution < 1.29 is 13.5 Å². The molecule has 13 heavy (non-hydrogen) atoms. The number of nitrogens with two attached hydrogens (primary N) is 1. The standard InChI is InChI=1S/C9H17F2NO/c1-13-6-8(12)7-3-2-4-9(10,11)5-7/h7-8H,2-6,12H2,1H3. The van der Waals surface area contributed by atoms with E-state index in [1.54, 1.807) is 7.11 Å². The van der Waals surface area contributed by atoms with Crippen LogP contribution in [-0.2, 0) is 4.74 Å². The van der Waals surface area contributed by atoms with Crippen LogP contribution in [0.4, 0.5) is 8.78 Å². The minimum atomic E-state index is -2.51. The van der Waals surface area contributed by atoms with Gasteiger partial charge < -0.3 is 10.5 Å². The Morgan fingerprint density at radius 2 is 2.31 bits per heavy atom. The molecule has 0 heterocycles. The SMILES string of the molecule is COCC(N)C1CCCC(F)(F)C1. The van der Waals surface area contributed by atoms with Crippen molar-refractivity contribution in [3.8, 4) is 0 Å². The molecular weight excluding hydrogens is 176 g/mol. The van der Waals surface area contributed by atoms with Crippen molar-refractivity contribution in [3.63, 3.8) is 0 Å². The van der Waals surface area contributed by atoms with Crippen molar-refractivity contribution in [1.29, 1.82) is 0 Å². The monoisotopic (exact) mass is 193 g/mol. The summed E-state index contributed by atoms with van der Waals surface area (Å²) in [4.78, 5) is 0. The van der Waals surface area contributed by atoms with Crippen LogP contribution in [0.25, 0.3) is 0 Å². The van der Waals surface area contributed by atoms with E-state index in [9.17, 15) is 8.78 Å². The van der Waals surface area contributed by atoms with Crippen molar-refractivity contribution in [2.75, 3.05) is 13.7 Å². The molecule has 2 nitrogen and oxygen atoms in total. The largest absolute Gasteiger partial charge is 0.383 e. The van der Waals surface area contributed by atoms with E-state index in [0.29, 0.717) is 13.0 Å². The average molecular weight is 193 g/mol. The van der Waals surface area contributed by atoms with Crippen molar-refractivity contribution >= 4 is 0 Å². The van der Waals surface area contributed by atoms with Gasteiger partial charge in [-0.05, 0) is 18.8 Å². The lowest BCUT2D eigenvalue weighted by Crippen LogP contribution is -2.40. The minimum Gasteiger partial charge on any atom is -0.383 e. The summed E-state index contributed by atoms with van der Waals surface area (Å²) in [7, 11) is 1.54. The molecule has 0 aromatic rings. The summed E-state index contributed by atoms with van der Waals surface area (Å²) >= 11 is 0. The van der Waals surface area contributed by atoms with Crippen molar-refractivity contribution in [2.24, 2.45) is 11.7 Å². The second-order valence-corrected chi connectivity index (χ2v) is 3.83. The Kier molecular flexibility index (Phi) is 3.62. The molecule has 1 rings (SSSR count). The van der Waals surface area contributed by atoms with E-state index < -0.39 is 5.92 Å². The third kappa shape index (κ3) is 3.19. The number of halogens is 2. The average Bonchev–Trinajstić information content (AvgIpc) is 2.03. The van der Waals surface area contributed by atoms with Crippen LogP contribution in [0.2, 0.25) is 0 Å². The summed E-state index contributed by atoms with van der Waals surface area (Å²) < 4.78 is 30.8. The maximum Gasteiger partial charge on any atom is 0.248 e. The molecule has 0 amide bonds. The van der Waals surface area contributed by atoms with E-state index in [1.165, 1.54) is 0 Å². The predicted octanol–water partition coefficient (Wildman–Crippen LogP) is 1.79. The summed E-state index contributed by atoms with van der Waals surface area (Å²) in [6, 6.07) is -0.240. The molecule has 1 fully saturated rings.